The highest BCUT2D eigenvalue weighted by Crippen LogP contribution is 2.24. The molecule has 0 bridgehead atoms. The van der Waals surface area contributed by atoms with Gasteiger partial charge in [0.2, 0.25) is 0 Å². The molecule has 0 saturated carbocycles. The Kier molecular flexibility index (Phi) is 5.63. The predicted molar refractivity (Wildman–Crippen MR) is 71.7 cm³/mol. The first-order valence-electron chi connectivity index (χ1n) is 6.55. The largest absolute Gasteiger partial charge is 0.313 e. The average Bonchev–Trinajstić information content (AvgIpc) is 2.29. The molecule has 1 nitrogen and oxygen atoms in total. The molecule has 1 rings (SSSR count). The molecule has 1 aromatic rings. The molecule has 0 spiro atoms. The van der Waals surface area contributed by atoms with E-state index >= 15 is 0 Å². The molecule has 17 heavy (non-hydrogen) atoms. The molecule has 1 N–H and O–H groups in total. The Morgan fingerprint density at radius 1 is 1.12 bits per heavy atom. The zero-order chi connectivity index (χ0) is 12.8. The van der Waals surface area contributed by atoms with E-state index in [0.717, 1.165) is 13.0 Å². The lowest BCUT2D eigenvalue weighted by atomic mass is 9.86. The summed E-state index contributed by atoms with van der Waals surface area (Å²) in [7, 11) is 0. The van der Waals surface area contributed by atoms with Gasteiger partial charge in [0.25, 0.3) is 0 Å². The van der Waals surface area contributed by atoms with Gasteiger partial charge in [0.15, 0.2) is 0 Å². The van der Waals surface area contributed by atoms with Crippen molar-refractivity contribution in [3.8, 4) is 0 Å². The van der Waals surface area contributed by atoms with E-state index in [1.165, 1.54) is 5.56 Å². The van der Waals surface area contributed by atoms with Crippen molar-refractivity contribution in [1.82, 2.24) is 5.32 Å². The normalized spacial score (nSPS) is 14.9. The fourth-order valence-corrected chi connectivity index (χ4v) is 2.27. The second-order valence-corrected chi connectivity index (χ2v) is 5.06. The van der Waals surface area contributed by atoms with Gasteiger partial charge in [-0.25, -0.2) is 4.39 Å². The standard InChI is InChI=1S/C15H24FN/c1-5-10-17-15(11(2)3)12(4)13-6-8-14(16)9-7-13/h6-9,11-12,15,17H,5,10H2,1-4H3. The van der Waals surface area contributed by atoms with E-state index in [0.29, 0.717) is 17.9 Å². The van der Waals surface area contributed by atoms with Crippen molar-refractivity contribution in [2.24, 2.45) is 5.92 Å². The van der Waals surface area contributed by atoms with Crippen molar-refractivity contribution in [3.05, 3.63) is 35.6 Å². The molecule has 0 aliphatic rings. The second kappa shape index (κ2) is 6.75. The van der Waals surface area contributed by atoms with Crippen molar-refractivity contribution in [2.45, 2.75) is 46.1 Å². The third-order valence-corrected chi connectivity index (χ3v) is 3.28. The van der Waals surface area contributed by atoms with Gasteiger partial charge in [-0.2, -0.15) is 0 Å². The van der Waals surface area contributed by atoms with E-state index in [9.17, 15) is 4.39 Å². The fourth-order valence-electron chi connectivity index (χ4n) is 2.27. The minimum Gasteiger partial charge on any atom is -0.313 e. The molecule has 0 aromatic heterocycles. The zero-order valence-electron chi connectivity index (χ0n) is 11.3. The van der Waals surface area contributed by atoms with Gasteiger partial charge in [-0.15, -0.1) is 0 Å². The Labute approximate surface area is 104 Å². The van der Waals surface area contributed by atoms with E-state index in [-0.39, 0.29) is 5.82 Å². The van der Waals surface area contributed by atoms with Crippen molar-refractivity contribution < 1.29 is 4.39 Å². The second-order valence-electron chi connectivity index (χ2n) is 5.06. The zero-order valence-corrected chi connectivity index (χ0v) is 11.3. The summed E-state index contributed by atoms with van der Waals surface area (Å²) in [6.07, 6.45) is 1.14. The smallest absolute Gasteiger partial charge is 0.123 e. The predicted octanol–water partition coefficient (Wildman–Crippen LogP) is 3.95. The van der Waals surface area contributed by atoms with Crippen LogP contribution >= 0.6 is 0 Å². The van der Waals surface area contributed by atoms with E-state index in [2.05, 4.69) is 33.0 Å². The molecular weight excluding hydrogens is 213 g/mol. The maximum Gasteiger partial charge on any atom is 0.123 e. The van der Waals surface area contributed by atoms with Gasteiger partial charge in [0, 0.05) is 6.04 Å². The van der Waals surface area contributed by atoms with Crippen LogP contribution in [0, 0.1) is 11.7 Å². The summed E-state index contributed by atoms with van der Waals surface area (Å²) in [5, 5.41) is 3.59. The van der Waals surface area contributed by atoms with Crippen LogP contribution < -0.4 is 5.32 Å². The Bertz CT molecular complexity index is 318. The first kappa shape index (κ1) is 14.2. The highest BCUT2D eigenvalue weighted by Gasteiger charge is 2.21. The lowest BCUT2D eigenvalue weighted by Crippen LogP contribution is -2.38. The lowest BCUT2D eigenvalue weighted by molar-refractivity contribution is 0.354. The molecule has 0 aliphatic heterocycles. The summed E-state index contributed by atoms with van der Waals surface area (Å²) < 4.78 is 12.9. The molecule has 2 unspecified atom stereocenters. The molecule has 2 atom stereocenters. The number of hydrogen-bond donors (Lipinski definition) is 1. The number of rotatable bonds is 6. The van der Waals surface area contributed by atoms with Crippen molar-refractivity contribution in [2.75, 3.05) is 6.54 Å². The Hall–Kier alpha value is -0.890. The summed E-state index contributed by atoms with van der Waals surface area (Å²) in [6.45, 7) is 9.88. The monoisotopic (exact) mass is 237 g/mol. The maximum atomic E-state index is 12.9. The van der Waals surface area contributed by atoms with E-state index < -0.39 is 0 Å². The lowest BCUT2D eigenvalue weighted by Gasteiger charge is -2.29. The van der Waals surface area contributed by atoms with Crippen LogP contribution in [-0.2, 0) is 0 Å². The molecule has 0 aliphatic carbocycles. The third kappa shape index (κ3) is 4.12. The van der Waals surface area contributed by atoms with Crippen molar-refractivity contribution >= 4 is 0 Å². The SMILES string of the molecule is CCCNC(C(C)C)C(C)c1ccc(F)cc1. The van der Waals surface area contributed by atoms with Crippen LogP contribution in [0.25, 0.3) is 0 Å². The van der Waals surface area contributed by atoms with E-state index in [4.69, 9.17) is 0 Å². The molecule has 0 fully saturated rings. The van der Waals surface area contributed by atoms with E-state index in [1.54, 1.807) is 12.1 Å². The third-order valence-electron chi connectivity index (χ3n) is 3.28. The number of nitrogens with one attached hydrogen (secondary N) is 1. The topological polar surface area (TPSA) is 12.0 Å². The van der Waals surface area contributed by atoms with Crippen LogP contribution in [0.4, 0.5) is 4.39 Å². The molecule has 0 amide bonds. The Morgan fingerprint density at radius 3 is 2.18 bits per heavy atom. The molecule has 1 aromatic carbocycles. The summed E-state index contributed by atoms with van der Waals surface area (Å²) >= 11 is 0. The van der Waals surface area contributed by atoms with Crippen molar-refractivity contribution in [3.63, 3.8) is 0 Å². The Morgan fingerprint density at radius 2 is 1.71 bits per heavy atom. The minimum absolute atomic E-state index is 0.163. The van der Waals surface area contributed by atoms with Crippen LogP contribution in [0.5, 0.6) is 0 Å². The summed E-state index contributed by atoms with van der Waals surface area (Å²) in [5.41, 5.74) is 1.20. The minimum atomic E-state index is -0.163. The number of hydrogen-bond acceptors (Lipinski definition) is 1. The molecule has 96 valence electrons. The van der Waals surface area contributed by atoms with Crippen LogP contribution in [0.2, 0.25) is 0 Å². The Balaban J connectivity index is 2.76. The molecule has 2 heteroatoms. The summed E-state index contributed by atoms with van der Waals surface area (Å²) in [4.78, 5) is 0. The van der Waals surface area contributed by atoms with Crippen LogP contribution in [0.15, 0.2) is 24.3 Å². The average molecular weight is 237 g/mol. The quantitative estimate of drug-likeness (QED) is 0.790. The van der Waals surface area contributed by atoms with Gasteiger partial charge >= 0.3 is 0 Å². The molecular formula is C15H24FN. The molecule has 0 saturated heterocycles. The van der Waals surface area contributed by atoms with Crippen LogP contribution in [-0.4, -0.2) is 12.6 Å². The van der Waals surface area contributed by atoms with Crippen LogP contribution in [0.1, 0.15) is 45.6 Å². The molecule has 0 heterocycles. The van der Waals surface area contributed by atoms with Crippen LogP contribution in [0.3, 0.4) is 0 Å². The number of halogens is 1. The van der Waals surface area contributed by atoms with Gasteiger partial charge < -0.3 is 5.32 Å². The maximum absolute atomic E-state index is 12.9. The summed E-state index contributed by atoms with van der Waals surface area (Å²) in [6, 6.07) is 7.32. The first-order valence-corrected chi connectivity index (χ1v) is 6.55. The van der Waals surface area contributed by atoms with Gasteiger partial charge in [-0.1, -0.05) is 39.8 Å². The molecule has 0 radical (unpaired) electrons. The van der Waals surface area contributed by atoms with Crippen molar-refractivity contribution in [1.29, 1.82) is 0 Å². The highest BCUT2D eigenvalue weighted by molar-refractivity contribution is 5.21. The number of benzene rings is 1. The van der Waals surface area contributed by atoms with Gasteiger partial charge in [-0.3, -0.25) is 0 Å². The fraction of sp³-hybridized carbons (Fsp3) is 0.600. The van der Waals surface area contributed by atoms with E-state index in [1.807, 2.05) is 12.1 Å². The first-order chi connectivity index (χ1) is 8.06. The summed E-state index contributed by atoms with van der Waals surface area (Å²) in [5.74, 6) is 0.812. The highest BCUT2D eigenvalue weighted by atomic mass is 19.1. The van der Waals surface area contributed by atoms with Gasteiger partial charge in [0.1, 0.15) is 5.82 Å². The van der Waals surface area contributed by atoms with Gasteiger partial charge in [0.05, 0.1) is 0 Å². The van der Waals surface area contributed by atoms with Gasteiger partial charge in [-0.05, 0) is 42.5 Å².